The number of amides is 1. The number of benzene rings is 1. The zero-order valence-electron chi connectivity index (χ0n) is 8.79. The molecule has 0 spiro atoms. The first-order valence-corrected chi connectivity index (χ1v) is 5.52. The van der Waals surface area contributed by atoms with Crippen molar-refractivity contribution in [2.24, 2.45) is 0 Å². The van der Waals surface area contributed by atoms with E-state index in [4.69, 9.17) is 4.74 Å². The number of ether oxygens (including phenoxy) is 1. The first-order chi connectivity index (χ1) is 7.08. The fourth-order valence-electron chi connectivity index (χ4n) is 1.14. The average molecular weight is 272 g/mol. The summed E-state index contributed by atoms with van der Waals surface area (Å²) in [5.41, 5.74) is 0. The minimum atomic E-state index is -0.0399. The predicted octanol–water partition coefficient (Wildman–Crippen LogP) is 2.35. The standard InChI is InChI=1S/C11H14BrNO2/c1-8(13-9(2)14)7-15-11-5-3-10(12)4-6-11/h3-6,8H,7H2,1-2H3,(H,13,14). The van der Waals surface area contributed by atoms with Crippen LogP contribution in [0.5, 0.6) is 5.75 Å². The van der Waals surface area contributed by atoms with Gasteiger partial charge in [-0.25, -0.2) is 0 Å². The average Bonchev–Trinajstić information content (AvgIpc) is 2.16. The van der Waals surface area contributed by atoms with Crippen LogP contribution in [-0.2, 0) is 4.79 Å². The van der Waals surface area contributed by atoms with Gasteiger partial charge in [0, 0.05) is 11.4 Å². The topological polar surface area (TPSA) is 38.3 Å². The van der Waals surface area contributed by atoms with Crippen molar-refractivity contribution < 1.29 is 9.53 Å². The minimum Gasteiger partial charge on any atom is -0.491 e. The van der Waals surface area contributed by atoms with E-state index in [1.54, 1.807) is 0 Å². The lowest BCUT2D eigenvalue weighted by Crippen LogP contribution is -2.35. The third kappa shape index (κ3) is 4.83. The fourth-order valence-corrected chi connectivity index (χ4v) is 1.41. The Labute approximate surface area is 97.9 Å². The molecule has 0 aliphatic rings. The van der Waals surface area contributed by atoms with Crippen LogP contribution in [0.4, 0.5) is 0 Å². The molecule has 0 radical (unpaired) electrons. The summed E-state index contributed by atoms with van der Waals surface area (Å²) in [7, 11) is 0. The molecule has 0 saturated heterocycles. The minimum absolute atomic E-state index is 0.0196. The van der Waals surface area contributed by atoms with Gasteiger partial charge in [0.2, 0.25) is 5.91 Å². The quantitative estimate of drug-likeness (QED) is 0.913. The van der Waals surface area contributed by atoms with Crippen LogP contribution in [0.25, 0.3) is 0 Å². The van der Waals surface area contributed by atoms with Gasteiger partial charge >= 0.3 is 0 Å². The van der Waals surface area contributed by atoms with Crippen molar-refractivity contribution in [3.63, 3.8) is 0 Å². The number of carbonyl (C=O) groups is 1. The van der Waals surface area contributed by atoms with E-state index < -0.39 is 0 Å². The van der Waals surface area contributed by atoms with Crippen molar-refractivity contribution in [3.05, 3.63) is 28.7 Å². The molecule has 1 amide bonds. The molecule has 15 heavy (non-hydrogen) atoms. The Kier molecular flexibility index (Phi) is 4.62. The molecule has 0 bridgehead atoms. The first-order valence-electron chi connectivity index (χ1n) is 4.73. The SMILES string of the molecule is CC(=O)NC(C)COc1ccc(Br)cc1. The van der Waals surface area contributed by atoms with Gasteiger partial charge in [0.1, 0.15) is 12.4 Å². The lowest BCUT2D eigenvalue weighted by Gasteiger charge is -2.13. The Bertz CT molecular complexity index is 324. The highest BCUT2D eigenvalue weighted by Crippen LogP contribution is 2.16. The summed E-state index contributed by atoms with van der Waals surface area (Å²) < 4.78 is 6.51. The highest BCUT2D eigenvalue weighted by molar-refractivity contribution is 9.10. The molecule has 4 heteroatoms. The Morgan fingerprint density at radius 3 is 2.60 bits per heavy atom. The van der Waals surface area contributed by atoms with Gasteiger partial charge in [0.25, 0.3) is 0 Å². The van der Waals surface area contributed by atoms with E-state index in [1.165, 1.54) is 6.92 Å². The van der Waals surface area contributed by atoms with Gasteiger partial charge in [-0.1, -0.05) is 15.9 Å². The highest BCUT2D eigenvalue weighted by Gasteiger charge is 2.03. The maximum atomic E-state index is 10.7. The van der Waals surface area contributed by atoms with Crippen molar-refractivity contribution in [2.45, 2.75) is 19.9 Å². The van der Waals surface area contributed by atoms with E-state index >= 15 is 0 Å². The molecular formula is C11H14BrNO2. The van der Waals surface area contributed by atoms with E-state index in [0.29, 0.717) is 6.61 Å². The number of halogens is 1. The van der Waals surface area contributed by atoms with Gasteiger partial charge in [-0.3, -0.25) is 4.79 Å². The second-order valence-electron chi connectivity index (χ2n) is 3.37. The van der Waals surface area contributed by atoms with Crippen LogP contribution in [0.3, 0.4) is 0 Å². The number of carbonyl (C=O) groups excluding carboxylic acids is 1. The third-order valence-electron chi connectivity index (χ3n) is 1.76. The molecular weight excluding hydrogens is 258 g/mol. The maximum absolute atomic E-state index is 10.7. The monoisotopic (exact) mass is 271 g/mol. The summed E-state index contributed by atoms with van der Waals surface area (Å²) in [6, 6.07) is 7.61. The van der Waals surface area contributed by atoms with Gasteiger partial charge < -0.3 is 10.1 Å². The Hall–Kier alpha value is -1.03. The molecule has 0 fully saturated rings. The zero-order valence-corrected chi connectivity index (χ0v) is 10.4. The van der Waals surface area contributed by atoms with E-state index in [9.17, 15) is 4.79 Å². The number of hydrogen-bond donors (Lipinski definition) is 1. The van der Waals surface area contributed by atoms with Crippen LogP contribution in [0.1, 0.15) is 13.8 Å². The maximum Gasteiger partial charge on any atom is 0.217 e. The van der Waals surface area contributed by atoms with Crippen LogP contribution < -0.4 is 10.1 Å². The van der Waals surface area contributed by atoms with Crippen molar-refractivity contribution in [1.82, 2.24) is 5.32 Å². The third-order valence-corrected chi connectivity index (χ3v) is 2.29. The lowest BCUT2D eigenvalue weighted by atomic mass is 10.3. The molecule has 1 aromatic rings. The summed E-state index contributed by atoms with van der Waals surface area (Å²) >= 11 is 3.35. The van der Waals surface area contributed by atoms with E-state index in [1.807, 2.05) is 31.2 Å². The van der Waals surface area contributed by atoms with Crippen LogP contribution in [-0.4, -0.2) is 18.6 Å². The summed E-state index contributed by atoms with van der Waals surface area (Å²) in [4.78, 5) is 10.7. The van der Waals surface area contributed by atoms with Crippen LogP contribution in [0, 0.1) is 0 Å². The Morgan fingerprint density at radius 2 is 2.07 bits per heavy atom. The fraction of sp³-hybridized carbons (Fsp3) is 0.364. The number of hydrogen-bond acceptors (Lipinski definition) is 2. The molecule has 0 heterocycles. The summed E-state index contributed by atoms with van der Waals surface area (Å²) in [5, 5.41) is 2.75. The number of nitrogens with one attached hydrogen (secondary N) is 1. The molecule has 0 saturated carbocycles. The van der Waals surface area contributed by atoms with Gasteiger partial charge in [-0.15, -0.1) is 0 Å². The molecule has 1 unspecified atom stereocenters. The van der Waals surface area contributed by atoms with Crippen LogP contribution in [0.15, 0.2) is 28.7 Å². The molecule has 0 aliphatic carbocycles. The second-order valence-corrected chi connectivity index (χ2v) is 4.28. The van der Waals surface area contributed by atoms with Gasteiger partial charge in [-0.05, 0) is 31.2 Å². The molecule has 82 valence electrons. The largest absolute Gasteiger partial charge is 0.491 e. The van der Waals surface area contributed by atoms with Crippen molar-refractivity contribution >= 4 is 21.8 Å². The van der Waals surface area contributed by atoms with Crippen molar-refractivity contribution in [3.8, 4) is 5.75 Å². The molecule has 3 nitrogen and oxygen atoms in total. The normalized spacial score (nSPS) is 11.9. The molecule has 1 N–H and O–H groups in total. The summed E-state index contributed by atoms with van der Waals surface area (Å²) in [6.07, 6.45) is 0. The van der Waals surface area contributed by atoms with Gasteiger partial charge in [0.15, 0.2) is 0 Å². The molecule has 1 atom stereocenters. The molecule has 0 aromatic heterocycles. The van der Waals surface area contributed by atoms with E-state index in [-0.39, 0.29) is 11.9 Å². The van der Waals surface area contributed by atoms with E-state index in [2.05, 4.69) is 21.2 Å². The van der Waals surface area contributed by atoms with Crippen LogP contribution >= 0.6 is 15.9 Å². The Morgan fingerprint density at radius 1 is 1.47 bits per heavy atom. The smallest absolute Gasteiger partial charge is 0.217 e. The van der Waals surface area contributed by atoms with Crippen molar-refractivity contribution in [1.29, 1.82) is 0 Å². The zero-order chi connectivity index (χ0) is 11.3. The Balaban J connectivity index is 2.36. The number of rotatable bonds is 4. The highest BCUT2D eigenvalue weighted by atomic mass is 79.9. The summed E-state index contributed by atoms with van der Waals surface area (Å²) in [5.74, 6) is 0.761. The summed E-state index contributed by atoms with van der Waals surface area (Å²) in [6.45, 7) is 3.87. The molecule has 1 rings (SSSR count). The molecule has 0 aliphatic heterocycles. The van der Waals surface area contributed by atoms with Crippen LogP contribution in [0.2, 0.25) is 0 Å². The lowest BCUT2D eigenvalue weighted by molar-refractivity contribution is -0.119. The van der Waals surface area contributed by atoms with Crippen molar-refractivity contribution in [2.75, 3.05) is 6.61 Å². The molecule has 1 aromatic carbocycles. The van der Waals surface area contributed by atoms with E-state index in [0.717, 1.165) is 10.2 Å². The van der Waals surface area contributed by atoms with Gasteiger partial charge in [-0.2, -0.15) is 0 Å². The second kappa shape index (κ2) is 5.75. The van der Waals surface area contributed by atoms with Gasteiger partial charge in [0.05, 0.1) is 6.04 Å². The predicted molar refractivity (Wildman–Crippen MR) is 62.9 cm³/mol. The first kappa shape index (κ1) is 12.0.